The maximum atomic E-state index is 10.0. The maximum Gasteiger partial charge on any atom is 0.122 e. The summed E-state index contributed by atoms with van der Waals surface area (Å²) in [7, 11) is 0. The largest absolute Gasteiger partial charge is 0.507 e. The number of hydrogen-bond acceptors (Lipinski definition) is 2. The van der Waals surface area contributed by atoms with Crippen molar-refractivity contribution in [3.8, 4) is 5.75 Å². The van der Waals surface area contributed by atoms with Crippen molar-refractivity contribution < 1.29 is 5.11 Å². The van der Waals surface area contributed by atoms with Gasteiger partial charge in [0.05, 0.1) is 0 Å². The van der Waals surface area contributed by atoms with E-state index in [1.165, 1.54) is 11.1 Å². The summed E-state index contributed by atoms with van der Waals surface area (Å²) in [6.07, 6.45) is 0.999. The summed E-state index contributed by atoms with van der Waals surface area (Å²) in [5.74, 6) is 0.406. The number of hydrogen-bond donors (Lipinski definition) is 2. The molecule has 2 rings (SSSR count). The Hall–Kier alpha value is -1.80. The molecule has 2 heteroatoms. The molecule has 0 aliphatic carbocycles. The summed E-state index contributed by atoms with van der Waals surface area (Å²) in [6, 6.07) is 14.7. The smallest absolute Gasteiger partial charge is 0.122 e. The molecule has 0 amide bonds. The SMILES string of the molecule is Cc1ccccc1CC(C)NCc1cccc(C)c1O. The number of nitrogens with one attached hydrogen (secondary N) is 1. The fourth-order valence-electron chi connectivity index (χ4n) is 2.39. The molecule has 0 radical (unpaired) electrons. The fourth-order valence-corrected chi connectivity index (χ4v) is 2.39. The average Bonchev–Trinajstić information content (AvgIpc) is 2.43. The summed E-state index contributed by atoms with van der Waals surface area (Å²) in [5.41, 5.74) is 4.60. The first kappa shape index (κ1) is 14.6. The number of aryl methyl sites for hydroxylation is 2. The molecule has 1 unspecified atom stereocenters. The zero-order chi connectivity index (χ0) is 14.5. The third kappa shape index (κ3) is 3.61. The van der Waals surface area contributed by atoms with Crippen LogP contribution in [0.5, 0.6) is 5.75 Å². The van der Waals surface area contributed by atoms with E-state index >= 15 is 0 Å². The van der Waals surface area contributed by atoms with Gasteiger partial charge in [0.1, 0.15) is 5.75 Å². The maximum absolute atomic E-state index is 10.0. The van der Waals surface area contributed by atoms with E-state index in [4.69, 9.17) is 0 Å². The van der Waals surface area contributed by atoms with Gasteiger partial charge in [-0.2, -0.15) is 0 Å². The highest BCUT2D eigenvalue weighted by Crippen LogP contribution is 2.21. The molecule has 0 saturated carbocycles. The number of benzene rings is 2. The van der Waals surface area contributed by atoms with Crippen LogP contribution in [0, 0.1) is 13.8 Å². The summed E-state index contributed by atoms with van der Waals surface area (Å²) in [4.78, 5) is 0. The van der Waals surface area contributed by atoms with Crippen molar-refractivity contribution in [2.24, 2.45) is 0 Å². The van der Waals surface area contributed by atoms with E-state index in [1.54, 1.807) is 0 Å². The van der Waals surface area contributed by atoms with Crippen molar-refractivity contribution in [1.29, 1.82) is 0 Å². The van der Waals surface area contributed by atoms with Gasteiger partial charge in [0.15, 0.2) is 0 Å². The van der Waals surface area contributed by atoms with Crippen molar-refractivity contribution in [2.45, 2.75) is 39.8 Å². The fraction of sp³-hybridized carbons (Fsp3) is 0.333. The van der Waals surface area contributed by atoms with Crippen LogP contribution in [0.15, 0.2) is 42.5 Å². The van der Waals surface area contributed by atoms with Crippen LogP contribution >= 0.6 is 0 Å². The van der Waals surface area contributed by atoms with Crippen LogP contribution < -0.4 is 5.32 Å². The van der Waals surface area contributed by atoms with Gasteiger partial charge in [-0.3, -0.25) is 0 Å². The van der Waals surface area contributed by atoms with Crippen molar-refractivity contribution in [3.63, 3.8) is 0 Å². The molecule has 1 atom stereocenters. The molecule has 2 aromatic rings. The summed E-state index contributed by atoms with van der Waals surface area (Å²) < 4.78 is 0. The Morgan fingerprint density at radius 3 is 2.35 bits per heavy atom. The Kier molecular flexibility index (Phi) is 4.80. The quantitative estimate of drug-likeness (QED) is 0.867. The van der Waals surface area contributed by atoms with Crippen LogP contribution in [0.4, 0.5) is 0 Å². The predicted molar refractivity (Wildman–Crippen MR) is 84.0 cm³/mol. The highest BCUT2D eigenvalue weighted by Gasteiger charge is 2.08. The number of para-hydroxylation sites is 1. The van der Waals surface area contributed by atoms with Gasteiger partial charge in [-0.25, -0.2) is 0 Å². The standard InChI is InChI=1S/C18H23NO/c1-13-7-4-5-9-16(13)11-15(3)19-12-17-10-6-8-14(2)18(17)20/h4-10,15,19-20H,11-12H2,1-3H3. The van der Waals surface area contributed by atoms with Crippen molar-refractivity contribution in [3.05, 3.63) is 64.7 Å². The van der Waals surface area contributed by atoms with Gasteiger partial charge in [-0.05, 0) is 43.9 Å². The first-order chi connectivity index (χ1) is 9.58. The number of rotatable bonds is 5. The molecule has 0 fully saturated rings. The molecule has 0 spiro atoms. The van der Waals surface area contributed by atoms with E-state index in [2.05, 4.69) is 43.4 Å². The van der Waals surface area contributed by atoms with Crippen molar-refractivity contribution in [1.82, 2.24) is 5.32 Å². The molecule has 0 aliphatic heterocycles. The summed E-state index contributed by atoms with van der Waals surface area (Å²) in [5, 5.41) is 13.5. The Morgan fingerprint density at radius 1 is 0.950 bits per heavy atom. The van der Waals surface area contributed by atoms with Crippen LogP contribution in [0.1, 0.15) is 29.2 Å². The molecule has 2 N–H and O–H groups in total. The average molecular weight is 269 g/mol. The van der Waals surface area contributed by atoms with E-state index < -0.39 is 0 Å². The van der Waals surface area contributed by atoms with E-state index in [0.717, 1.165) is 17.5 Å². The zero-order valence-corrected chi connectivity index (χ0v) is 12.5. The minimum atomic E-state index is 0.371. The van der Waals surface area contributed by atoms with Gasteiger partial charge in [-0.1, -0.05) is 42.5 Å². The molecule has 106 valence electrons. The number of phenols is 1. The minimum absolute atomic E-state index is 0.371. The molecule has 20 heavy (non-hydrogen) atoms. The molecule has 2 aromatic carbocycles. The number of aromatic hydroxyl groups is 1. The second-order valence-corrected chi connectivity index (χ2v) is 5.50. The van der Waals surface area contributed by atoms with E-state index in [-0.39, 0.29) is 0 Å². The summed E-state index contributed by atoms with van der Waals surface area (Å²) >= 11 is 0. The third-order valence-electron chi connectivity index (χ3n) is 3.75. The molecular weight excluding hydrogens is 246 g/mol. The molecule has 0 heterocycles. The normalized spacial score (nSPS) is 12.3. The molecular formula is C18H23NO. The molecule has 2 nitrogen and oxygen atoms in total. The lowest BCUT2D eigenvalue weighted by atomic mass is 10.0. The Bertz CT molecular complexity index is 577. The van der Waals surface area contributed by atoms with Gasteiger partial charge in [0.2, 0.25) is 0 Å². The van der Waals surface area contributed by atoms with Crippen LogP contribution in [-0.2, 0) is 13.0 Å². The van der Waals surface area contributed by atoms with Crippen LogP contribution in [-0.4, -0.2) is 11.1 Å². The van der Waals surface area contributed by atoms with Gasteiger partial charge >= 0.3 is 0 Å². The molecule has 0 aromatic heterocycles. The second-order valence-electron chi connectivity index (χ2n) is 5.50. The molecule has 0 saturated heterocycles. The number of phenolic OH excluding ortho intramolecular Hbond substituents is 1. The molecule has 0 aliphatic rings. The van der Waals surface area contributed by atoms with Crippen LogP contribution in [0.3, 0.4) is 0 Å². The lowest BCUT2D eigenvalue weighted by molar-refractivity contribution is 0.454. The highest BCUT2D eigenvalue weighted by atomic mass is 16.3. The second kappa shape index (κ2) is 6.58. The topological polar surface area (TPSA) is 32.3 Å². The molecule has 0 bridgehead atoms. The van der Waals surface area contributed by atoms with E-state index in [0.29, 0.717) is 18.3 Å². The van der Waals surface area contributed by atoms with Crippen LogP contribution in [0.2, 0.25) is 0 Å². The Labute approximate surface area is 121 Å². The minimum Gasteiger partial charge on any atom is -0.507 e. The lowest BCUT2D eigenvalue weighted by Gasteiger charge is -2.16. The van der Waals surface area contributed by atoms with Gasteiger partial charge < -0.3 is 10.4 Å². The van der Waals surface area contributed by atoms with Gasteiger partial charge in [0, 0.05) is 18.2 Å². The zero-order valence-electron chi connectivity index (χ0n) is 12.5. The van der Waals surface area contributed by atoms with Crippen molar-refractivity contribution in [2.75, 3.05) is 0 Å². The van der Waals surface area contributed by atoms with Gasteiger partial charge in [0.25, 0.3) is 0 Å². The van der Waals surface area contributed by atoms with Gasteiger partial charge in [-0.15, -0.1) is 0 Å². The van der Waals surface area contributed by atoms with E-state index in [1.807, 2.05) is 25.1 Å². The summed E-state index contributed by atoms with van der Waals surface area (Å²) in [6.45, 7) is 6.95. The van der Waals surface area contributed by atoms with Crippen LogP contribution in [0.25, 0.3) is 0 Å². The Balaban J connectivity index is 1.94. The Morgan fingerprint density at radius 2 is 1.60 bits per heavy atom. The highest BCUT2D eigenvalue weighted by molar-refractivity contribution is 5.39. The lowest BCUT2D eigenvalue weighted by Crippen LogP contribution is -2.27. The predicted octanol–water partition coefficient (Wildman–Crippen LogP) is 3.73. The first-order valence-electron chi connectivity index (χ1n) is 7.13. The monoisotopic (exact) mass is 269 g/mol. The van der Waals surface area contributed by atoms with E-state index in [9.17, 15) is 5.11 Å². The van der Waals surface area contributed by atoms with Crippen molar-refractivity contribution >= 4 is 0 Å². The first-order valence-corrected chi connectivity index (χ1v) is 7.13. The third-order valence-corrected chi connectivity index (χ3v) is 3.75.